The number of benzene rings is 2. The average molecular weight is 314 g/mol. The number of rotatable bonds is 3. The molecular formula is C13H10BrClO2. The normalized spacial score (nSPS) is 10.2. The molecule has 0 atom stereocenters. The predicted octanol–water partition coefficient (Wildman–Crippen LogP) is 4.39. The summed E-state index contributed by atoms with van der Waals surface area (Å²) in [6, 6.07) is 12.9. The molecule has 0 radical (unpaired) electrons. The molecular weight excluding hydrogens is 303 g/mol. The minimum Gasteiger partial charge on any atom is -0.504 e. The summed E-state index contributed by atoms with van der Waals surface area (Å²) >= 11 is 9.32. The summed E-state index contributed by atoms with van der Waals surface area (Å²) in [7, 11) is 0. The average Bonchev–Trinajstić information content (AvgIpc) is 2.35. The second-order valence-corrected chi connectivity index (χ2v) is 4.72. The van der Waals surface area contributed by atoms with Crippen molar-refractivity contribution in [2.24, 2.45) is 0 Å². The van der Waals surface area contributed by atoms with Crippen molar-refractivity contribution in [2.75, 3.05) is 0 Å². The highest BCUT2D eigenvalue weighted by Crippen LogP contribution is 2.39. The van der Waals surface area contributed by atoms with E-state index in [1.54, 1.807) is 6.07 Å². The molecule has 88 valence electrons. The van der Waals surface area contributed by atoms with Gasteiger partial charge >= 0.3 is 0 Å². The van der Waals surface area contributed by atoms with Crippen LogP contribution in [0.2, 0.25) is 5.02 Å². The number of ether oxygens (including phenoxy) is 1. The highest BCUT2D eigenvalue weighted by atomic mass is 79.9. The second kappa shape index (κ2) is 5.43. The molecule has 0 spiro atoms. The van der Waals surface area contributed by atoms with E-state index in [4.69, 9.17) is 16.3 Å². The fraction of sp³-hybridized carbons (Fsp3) is 0.0769. The molecule has 0 saturated carbocycles. The van der Waals surface area contributed by atoms with E-state index in [2.05, 4.69) is 15.9 Å². The third-order valence-electron chi connectivity index (χ3n) is 2.26. The van der Waals surface area contributed by atoms with Gasteiger partial charge in [-0.1, -0.05) is 41.9 Å². The van der Waals surface area contributed by atoms with Crippen molar-refractivity contribution < 1.29 is 9.84 Å². The van der Waals surface area contributed by atoms with Crippen molar-refractivity contribution in [1.82, 2.24) is 0 Å². The van der Waals surface area contributed by atoms with E-state index in [-0.39, 0.29) is 5.75 Å². The number of phenolic OH excluding ortho intramolecular Hbond substituents is 1. The smallest absolute Gasteiger partial charge is 0.181 e. The zero-order valence-electron chi connectivity index (χ0n) is 8.86. The first-order chi connectivity index (χ1) is 8.18. The third-order valence-corrected chi connectivity index (χ3v) is 3.52. The number of hydrogen-bond donors (Lipinski definition) is 1. The Kier molecular flexibility index (Phi) is 3.92. The number of phenols is 1. The first kappa shape index (κ1) is 12.3. The van der Waals surface area contributed by atoms with Crippen molar-refractivity contribution in [3.63, 3.8) is 0 Å². The zero-order chi connectivity index (χ0) is 12.3. The summed E-state index contributed by atoms with van der Waals surface area (Å²) < 4.78 is 6.22. The summed E-state index contributed by atoms with van der Waals surface area (Å²) in [5, 5.41) is 10.0. The van der Waals surface area contributed by atoms with Crippen LogP contribution in [0.4, 0.5) is 0 Å². The van der Waals surface area contributed by atoms with Gasteiger partial charge in [-0.15, -0.1) is 0 Å². The number of halogens is 2. The standard InChI is InChI=1S/C13H10BrClO2/c14-10-6-7-11(16)13(12(10)15)17-8-9-4-2-1-3-5-9/h1-7,16H,8H2. The van der Waals surface area contributed by atoms with Crippen LogP contribution in [-0.4, -0.2) is 5.11 Å². The maximum Gasteiger partial charge on any atom is 0.181 e. The number of hydrogen-bond acceptors (Lipinski definition) is 2. The molecule has 0 aliphatic rings. The molecule has 2 rings (SSSR count). The first-order valence-corrected chi connectivity index (χ1v) is 6.19. The van der Waals surface area contributed by atoms with Crippen LogP contribution < -0.4 is 4.74 Å². The molecule has 0 heterocycles. The van der Waals surface area contributed by atoms with Gasteiger partial charge in [0.05, 0.1) is 0 Å². The van der Waals surface area contributed by atoms with Crippen LogP contribution in [0.3, 0.4) is 0 Å². The fourth-order valence-electron chi connectivity index (χ4n) is 1.39. The van der Waals surface area contributed by atoms with Gasteiger partial charge < -0.3 is 9.84 Å². The molecule has 0 aliphatic heterocycles. The summed E-state index contributed by atoms with van der Waals surface area (Å²) in [4.78, 5) is 0. The number of aromatic hydroxyl groups is 1. The Balaban J connectivity index is 2.17. The Labute approximate surface area is 113 Å². The molecule has 1 N–H and O–H groups in total. The maximum atomic E-state index is 9.66. The molecule has 0 aliphatic carbocycles. The van der Waals surface area contributed by atoms with Crippen molar-refractivity contribution in [2.45, 2.75) is 6.61 Å². The van der Waals surface area contributed by atoms with Crippen molar-refractivity contribution in [1.29, 1.82) is 0 Å². The van der Waals surface area contributed by atoms with Gasteiger partial charge in [0.25, 0.3) is 0 Å². The highest BCUT2D eigenvalue weighted by molar-refractivity contribution is 9.10. The summed E-state index contributed by atoms with van der Waals surface area (Å²) in [6.07, 6.45) is 0. The molecule has 2 aromatic carbocycles. The van der Waals surface area contributed by atoms with Crippen molar-refractivity contribution in [3.05, 3.63) is 57.5 Å². The minimum atomic E-state index is 0.0362. The van der Waals surface area contributed by atoms with Gasteiger partial charge in [-0.3, -0.25) is 0 Å². The Morgan fingerprint density at radius 2 is 1.82 bits per heavy atom. The van der Waals surface area contributed by atoms with Crippen LogP contribution in [0.15, 0.2) is 46.9 Å². The van der Waals surface area contributed by atoms with E-state index in [0.717, 1.165) is 5.56 Å². The first-order valence-electron chi connectivity index (χ1n) is 5.02. The topological polar surface area (TPSA) is 29.5 Å². The molecule has 2 nitrogen and oxygen atoms in total. The van der Waals surface area contributed by atoms with Crippen molar-refractivity contribution in [3.8, 4) is 11.5 Å². The van der Waals surface area contributed by atoms with Crippen LogP contribution in [0.1, 0.15) is 5.56 Å². The summed E-state index contributed by atoms with van der Waals surface area (Å²) in [5.41, 5.74) is 1.02. The molecule has 0 amide bonds. The van der Waals surface area contributed by atoms with Crippen LogP contribution in [0.5, 0.6) is 11.5 Å². The van der Waals surface area contributed by atoms with E-state index < -0.39 is 0 Å². The Hall–Kier alpha value is -1.19. The predicted molar refractivity (Wildman–Crippen MR) is 71.6 cm³/mol. The summed E-state index contributed by atoms with van der Waals surface area (Å²) in [6.45, 7) is 0.366. The molecule has 0 bridgehead atoms. The third kappa shape index (κ3) is 2.93. The molecule has 4 heteroatoms. The Morgan fingerprint density at radius 1 is 1.12 bits per heavy atom. The van der Waals surface area contributed by atoms with Gasteiger partial charge in [0.15, 0.2) is 11.5 Å². The lowest BCUT2D eigenvalue weighted by molar-refractivity contribution is 0.289. The summed E-state index contributed by atoms with van der Waals surface area (Å²) in [5.74, 6) is 0.332. The highest BCUT2D eigenvalue weighted by Gasteiger charge is 2.11. The molecule has 2 aromatic rings. The van der Waals surface area contributed by atoms with Crippen LogP contribution in [0, 0.1) is 0 Å². The van der Waals surface area contributed by atoms with Gasteiger partial charge in [-0.05, 0) is 33.6 Å². The second-order valence-electron chi connectivity index (χ2n) is 3.48. The monoisotopic (exact) mass is 312 g/mol. The van der Waals surface area contributed by atoms with Gasteiger partial charge in [0, 0.05) is 4.47 Å². The SMILES string of the molecule is Oc1ccc(Br)c(Cl)c1OCc1ccccc1. The van der Waals surface area contributed by atoms with E-state index >= 15 is 0 Å². The van der Waals surface area contributed by atoms with E-state index in [1.165, 1.54) is 6.07 Å². The van der Waals surface area contributed by atoms with Gasteiger partial charge in [0.2, 0.25) is 0 Å². The molecule has 0 unspecified atom stereocenters. The quantitative estimate of drug-likeness (QED) is 0.911. The fourth-order valence-corrected chi connectivity index (χ4v) is 1.92. The van der Waals surface area contributed by atoms with Gasteiger partial charge in [-0.25, -0.2) is 0 Å². The minimum absolute atomic E-state index is 0.0362. The Morgan fingerprint density at radius 3 is 2.53 bits per heavy atom. The Bertz CT molecular complexity index is 514. The maximum absolute atomic E-state index is 9.66. The molecule has 0 fully saturated rings. The van der Waals surface area contributed by atoms with Crippen molar-refractivity contribution >= 4 is 27.5 Å². The lowest BCUT2D eigenvalue weighted by Crippen LogP contribution is -1.96. The zero-order valence-corrected chi connectivity index (χ0v) is 11.2. The van der Waals surface area contributed by atoms with Crippen LogP contribution in [-0.2, 0) is 6.61 Å². The molecule has 0 saturated heterocycles. The van der Waals surface area contributed by atoms with E-state index in [0.29, 0.717) is 21.9 Å². The lowest BCUT2D eigenvalue weighted by Gasteiger charge is -2.10. The largest absolute Gasteiger partial charge is 0.504 e. The lowest BCUT2D eigenvalue weighted by atomic mass is 10.2. The van der Waals surface area contributed by atoms with E-state index in [1.807, 2.05) is 30.3 Å². The molecule has 17 heavy (non-hydrogen) atoms. The van der Waals surface area contributed by atoms with Gasteiger partial charge in [-0.2, -0.15) is 0 Å². The molecule has 0 aromatic heterocycles. The van der Waals surface area contributed by atoms with Gasteiger partial charge in [0.1, 0.15) is 11.6 Å². The van der Waals surface area contributed by atoms with E-state index in [9.17, 15) is 5.11 Å². The van der Waals surface area contributed by atoms with Crippen LogP contribution in [0.25, 0.3) is 0 Å². The van der Waals surface area contributed by atoms with Crippen LogP contribution >= 0.6 is 27.5 Å².